The number of nitrogens with zero attached hydrogens (tertiary/aromatic N) is 3. The highest BCUT2D eigenvalue weighted by molar-refractivity contribution is 6.31. The molecule has 4 rings (SSSR count). The van der Waals surface area contributed by atoms with E-state index in [0.29, 0.717) is 5.03 Å². The van der Waals surface area contributed by atoms with Gasteiger partial charge in [-0.1, -0.05) is 67.4 Å². The maximum absolute atomic E-state index is 13.2. The lowest BCUT2D eigenvalue weighted by Gasteiger charge is -2.45. The van der Waals surface area contributed by atoms with E-state index in [1.54, 1.807) is 10.8 Å². The number of carbonyl (C=O) groups excluding carboxylic acids is 1. The summed E-state index contributed by atoms with van der Waals surface area (Å²) in [6.07, 6.45) is 12.2. The van der Waals surface area contributed by atoms with Crippen LogP contribution in [0.5, 0.6) is 0 Å². The Morgan fingerprint density at radius 2 is 2.13 bits per heavy atom. The molecule has 0 aliphatic heterocycles. The second kappa shape index (κ2) is 7.69. The average molecular weight is 425 g/mol. The number of carbonyl (C=O) groups is 1. The highest BCUT2D eigenvalue weighted by atomic mass is 35.5. The Bertz CT molecular complexity index is 1060. The van der Waals surface area contributed by atoms with Gasteiger partial charge in [0.15, 0.2) is 5.54 Å². The molecule has 0 fully saturated rings. The van der Waals surface area contributed by atoms with Crippen molar-refractivity contribution in [2.24, 2.45) is 23.0 Å². The summed E-state index contributed by atoms with van der Waals surface area (Å²) in [5.41, 5.74) is 7.92. The molecular formula is C24H29ClN4O. The Morgan fingerprint density at radius 3 is 2.83 bits per heavy atom. The number of hydrogen-bond acceptors (Lipinski definition) is 3. The fraction of sp³-hybridized carbons (Fsp3) is 0.458. The van der Waals surface area contributed by atoms with Gasteiger partial charge in [0, 0.05) is 11.0 Å². The Morgan fingerprint density at radius 1 is 1.37 bits per heavy atom. The first-order valence-electron chi connectivity index (χ1n) is 10.7. The van der Waals surface area contributed by atoms with Crippen LogP contribution < -0.4 is 5.73 Å². The molecule has 6 heteroatoms. The molecule has 1 heterocycles. The van der Waals surface area contributed by atoms with Crippen LogP contribution in [-0.4, -0.2) is 20.9 Å². The predicted octanol–water partition coefficient (Wildman–Crippen LogP) is 5.08. The van der Waals surface area contributed by atoms with E-state index in [2.05, 4.69) is 37.2 Å². The van der Waals surface area contributed by atoms with Crippen molar-refractivity contribution < 1.29 is 4.79 Å². The van der Waals surface area contributed by atoms with Gasteiger partial charge < -0.3 is 5.73 Å². The minimum atomic E-state index is -1.18. The fourth-order valence-corrected chi connectivity index (χ4v) is 5.54. The molecular weight excluding hydrogens is 396 g/mol. The molecule has 158 valence electrons. The number of amides is 1. The maximum Gasteiger partial charge on any atom is 0.250 e. The Kier molecular flexibility index (Phi) is 5.35. The van der Waals surface area contributed by atoms with Crippen molar-refractivity contribution in [3.8, 4) is 0 Å². The third-order valence-electron chi connectivity index (χ3n) is 6.87. The van der Waals surface area contributed by atoms with Gasteiger partial charge in [-0.25, -0.2) is 4.68 Å². The predicted molar refractivity (Wildman–Crippen MR) is 121 cm³/mol. The number of nitrogens with two attached hydrogens (primary N) is 1. The Balaban J connectivity index is 1.94. The summed E-state index contributed by atoms with van der Waals surface area (Å²) in [7, 11) is 0. The van der Waals surface area contributed by atoms with E-state index in [1.165, 1.54) is 12.0 Å². The van der Waals surface area contributed by atoms with E-state index in [1.807, 2.05) is 36.4 Å². The van der Waals surface area contributed by atoms with Gasteiger partial charge in [-0.05, 0) is 61.3 Å². The monoisotopic (exact) mass is 424 g/mol. The van der Waals surface area contributed by atoms with Gasteiger partial charge in [0.1, 0.15) is 5.52 Å². The number of fused-ring (bicyclic) bond motifs is 1. The highest BCUT2D eigenvalue weighted by Gasteiger charge is 2.51. The second-order valence-electron chi connectivity index (χ2n) is 9.04. The number of benzene rings is 1. The molecule has 30 heavy (non-hydrogen) atoms. The Labute approximate surface area is 182 Å². The first-order valence-corrected chi connectivity index (χ1v) is 11.1. The van der Waals surface area contributed by atoms with Gasteiger partial charge in [0.25, 0.3) is 0 Å². The van der Waals surface area contributed by atoms with Crippen LogP contribution in [0, 0.1) is 17.3 Å². The standard InChI is InChI=1S/C24H29ClN4O/c1-4-17(18-9-7-8-13-23(18,2)3)19-15-16(25)12-14-24(19,22(26)30)29-21-11-6-5-10-20(21)27-28-29/h5-6,9-12,14-15,17,19H,4,7-8,13H2,1-3H3,(H2,26,30). The van der Waals surface area contributed by atoms with Crippen LogP contribution in [0.3, 0.4) is 0 Å². The molecule has 2 N–H and O–H groups in total. The molecule has 0 saturated carbocycles. The minimum absolute atomic E-state index is 0.0637. The van der Waals surface area contributed by atoms with E-state index in [9.17, 15) is 4.79 Å². The zero-order valence-corrected chi connectivity index (χ0v) is 18.6. The summed E-state index contributed by atoms with van der Waals surface area (Å²) in [6, 6.07) is 7.65. The first kappa shape index (κ1) is 20.9. The number of para-hydroxylation sites is 1. The van der Waals surface area contributed by atoms with E-state index >= 15 is 0 Å². The zero-order valence-electron chi connectivity index (χ0n) is 17.8. The normalized spacial score (nSPS) is 26.9. The van der Waals surface area contributed by atoms with Gasteiger partial charge in [0.05, 0.1) is 5.52 Å². The van der Waals surface area contributed by atoms with E-state index in [-0.39, 0.29) is 17.3 Å². The lowest BCUT2D eigenvalue weighted by Crippen LogP contribution is -2.54. The summed E-state index contributed by atoms with van der Waals surface area (Å²) in [5.74, 6) is -0.604. The molecule has 3 atom stereocenters. The van der Waals surface area contributed by atoms with Crippen LogP contribution in [0.15, 0.2) is 59.2 Å². The maximum atomic E-state index is 13.2. The largest absolute Gasteiger partial charge is 0.367 e. The van der Waals surface area contributed by atoms with Crippen LogP contribution in [0.25, 0.3) is 11.0 Å². The average Bonchev–Trinajstić information content (AvgIpc) is 3.14. The van der Waals surface area contributed by atoms with Crippen molar-refractivity contribution in [2.75, 3.05) is 0 Å². The van der Waals surface area contributed by atoms with Gasteiger partial charge in [-0.2, -0.15) is 0 Å². The van der Waals surface area contributed by atoms with Crippen LogP contribution in [-0.2, 0) is 10.3 Å². The number of primary amides is 1. The molecule has 1 aromatic heterocycles. The first-order chi connectivity index (χ1) is 14.3. The van der Waals surface area contributed by atoms with Crippen molar-refractivity contribution in [3.63, 3.8) is 0 Å². The lowest BCUT2D eigenvalue weighted by molar-refractivity contribution is -0.127. The second-order valence-corrected chi connectivity index (χ2v) is 9.48. The Hall–Kier alpha value is -2.40. The highest BCUT2D eigenvalue weighted by Crippen LogP contribution is 2.50. The molecule has 0 radical (unpaired) electrons. The molecule has 1 amide bonds. The van der Waals surface area contributed by atoms with E-state index < -0.39 is 11.4 Å². The summed E-state index contributed by atoms with van der Waals surface area (Å²) < 4.78 is 1.70. The van der Waals surface area contributed by atoms with Gasteiger partial charge >= 0.3 is 0 Å². The fourth-order valence-electron chi connectivity index (χ4n) is 5.34. The topological polar surface area (TPSA) is 73.8 Å². The van der Waals surface area contributed by atoms with Crippen LogP contribution in [0.1, 0.15) is 46.5 Å². The third kappa shape index (κ3) is 3.20. The molecule has 0 spiro atoms. The van der Waals surface area contributed by atoms with Crippen LogP contribution >= 0.6 is 11.6 Å². The van der Waals surface area contributed by atoms with Gasteiger partial charge in [-0.15, -0.1) is 5.10 Å². The summed E-state index contributed by atoms with van der Waals surface area (Å²) in [4.78, 5) is 13.2. The quantitative estimate of drug-likeness (QED) is 0.680. The summed E-state index contributed by atoms with van der Waals surface area (Å²) in [6.45, 7) is 6.75. The zero-order chi connectivity index (χ0) is 21.5. The van der Waals surface area contributed by atoms with Crippen LogP contribution in [0.4, 0.5) is 0 Å². The summed E-state index contributed by atoms with van der Waals surface area (Å²) in [5, 5.41) is 9.33. The van der Waals surface area contributed by atoms with E-state index in [4.69, 9.17) is 17.3 Å². The summed E-state index contributed by atoms with van der Waals surface area (Å²) >= 11 is 6.49. The molecule has 3 unspecified atom stereocenters. The molecule has 2 aromatic rings. The third-order valence-corrected chi connectivity index (χ3v) is 7.12. The minimum Gasteiger partial charge on any atom is -0.367 e. The molecule has 2 aliphatic carbocycles. The number of halogens is 1. The molecule has 5 nitrogen and oxygen atoms in total. The lowest BCUT2D eigenvalue weighted by atomic mass is 9.62. The van der Waals surface area contributed by atoms with E-state index in [0.717, 1.165) is 30.3 Å². The van der Waals surface area contributed by atoms with Gasteiger partial charge in [-0.3, -0.25) is 4.79 Å². The number of rotatable bonds is 5. The number of aromatic nitrogens is 3. The molecule has 2 aliphatic rings. The number of allylic oxidation sites excluding steroid dienone is 5. The van der Waals surface area contributed by atoms with Crippen molar-refractivity contribution in [3.05, 3.63) is 59.2 Å². The SMILES string of the molecule is CCC(C1=CCCCC1(C)C)C1C=C(Cl)C=CC1(C(N)=O)n1nnc2ccccc21. The molecule has 1 aromatic carbocycles. The number of hydrogen-bond donors (Lipinski definition) is 1. The molecule has 0 bridgehead atoms. The van der Waals surface area contributed by atoms with Gasteiger partial charge in [0.2, 0.25) is 5.91 Å². The van der Waals surface area contributed by atoms with Crippen molar-refractivity contribution in [1.82, 2.24) is 15.0 Å². The van der Waals surface area contributed by atoms with Crippen molar-refractivity contribution >= 4 is 28.5 Å². The van der Waals surface area contributed by atoms with Crippen molar-refractivity contribution in [2.45, 2.75) is 52.0 Å². The van der Waals surface area contributed by atoms with Crippen molar-refractivity contribution in [1.29, 1.82) is 0 Å². The molecule has 0 saturated heterocycles. The van der Waals surface area contributed by atoms with Crippen LogP contribution in [0.2, 0.25) is 0 Å². The smallest absolute Gasteiger partial charge is 0.250 e.